The molecule has 0 unspecified atom stereocenters. The molecule has 0 saturated carbocycles. The quantitative estimate of drug-likeness (QED) is 0.593. The van der Waals surface area contributed by atoms with Gasteiger partial charge in [0.05, 0.1) is 16.5 Å². The summed E-state index contributed by atoms with van der Waals surface area (Å²) >= 11 is 0. The number of pyridine rings is 2. The smallest absolute Gasteiger partial charge is 0.258 e. The van der Waals surface area contributed by atoms with Crippen LogP contribution in [0.5, 0.6) is 0 Å². The van der Waals surface area contributed by atoms with Crippen molar-refractivity contribution in [3.8, 4) is 0 Å². The number of hydrogen-bond acceptors (Lipinski definition) is 4. The van der Waals surface area contributed by atoms with E-state index in [4.69, 9.17) is 4.98 Å². The fourth-order valence-corrected chi connectivity index (χ4v) is 3.12. The molecule has 6 heteroatoms. The lowest BCUT2D eigenvalue weighted by Gasteiger charge is -2.06. The molecule has 3 heterocycles. The molecule has 6 nitrogen and oxygen atoms in total. The number of carbonyl (C=O) groups excluding carboxylic acids is 1. The Morgan fingerprint density at radius 2 is 2.07 bits per heavy atom. The molecule has 0 spiro atoms. The normalized spacial score (nSPS) is 11.4. The van der Waals surface area contributed by atoms with Crippen molar-refractivity contribution in [2.45, 2.75) is 27.3 Å². The number of nitrogens with one attached hydrogen (secondary N) is 1. The Morgan fingerprint density at radius 3 is 2.81 bits per heavy atom. The van der Waals surface area contributed by atoms with Gasteiger partial charge in [-0.1, -0.05) is 25.5 Å². The number of nitrogens with zero attached hydrogens (tertiary/aromatic N) is 4. The van der Waals surface area contributed by atoms with Crippen molar-refractivity contribution in [1.29, 1.82) is 0 Å². The van der Waals surface area contributed by atoms with Gasteiger partial charge < -0.3 is 5.32 Å². The highest BCUT2D eigenvalue weighted by atomic mass is 16.1. The number of hydrogen-bond donors (Lipinski definition) is 1. The van der Waals surface area contributed by atoms with Gasteiger partial charge in [0.25, 0.3) is 5.91 Å². The number of benzene rings is 1. The molecule has 0 atom stereocenters. The number of anilines is 1. The fraction of sp³-hybridized carbons (Fsp3) is 0.238. The van der Waals surface area contributed by atoms with Crippen molar-refractivity contribution in [3.05, 3.63) is 59.9 Å². The largest absolute Gasteiger partial charge is 0.304 e. The van der Waals surface area contributed by atoms with Gasteiger partial charge in [0.2, 0.25) is 0 Å². The summed E-state index contributed by atoms with van der Waals surface area (Å²) in [5.41, 5.74) is 3.36. The molecule has 1 N–H and O–H groups in total. The monoisotopic (exact) mass is 359 g/mol. The lowest BCUT2D eigenvalue weighted by molar-refractivity contribution is 0.102. The third-order valence-corrected chi connectivity index (χ3v) is 4.36. The minimum absolute atomic E-state index is 0.233. The molecular formula is C21H21N5O. The van der Waals surface area contributed by atoms with E-state index in [-0.39, 0.29) is 5.91 Å². The number of aromatic nitrogens is 4. The molecule has 0 radical (unpaired) electrons. The first kappa shape index (κ1) is 17.1. The Morgan fingerprint density at radius 1 is 1.22 bits per heavy atom. The van der Waals surface area contributed by atoms with Crippen LogP contribution in [0.25, 0.3) is 21.9 Å². The zero-order chi connectivity index (χ0) is 19.0. The first-order valence-corrected chi connectivity index (χ1v) is 9.00. The second kappa shape index (κ2) is 6.79. The molecule has 0 bridgehead atoms. The van der Waals surface area contributed by atoms with Crippen LogP contribution >= 0.6 is 0 Å². The molecule has 27 heavy (non-hydrogen) atoms. The minimum atomic E-state index is -0.233. The third-order valence-electron chi connectivity index (χ3n) is 4.36. The van der Waals surface area contributed by atoms with Crippen LogP contribution in [-0.4, -0.2) is 25.7 Å². The van der Waals surface area contributed by atoms with Crippen LogP contribution in [0, 0.1) is 12.8 Å². The number of aryl methyl sites for hydroxylation is 1. The lowest BCUT2D eigenvalue weighted by atomic mass is 10.1. The van der Waals surface area contributed by atoms with E-state index in [0.717, 1.165) is 28.5 Å². The molecular weight excluding hydrogens is 338 g/mol. The summed E-state index contributed by atoms with van der Waals surface area (Å²) in [6.45, 7) is 7.04. The van der Waals surface area contributed by atoms with E-state index in [2.05, 4.69) is 48.3 Å². The van der Waals surface area contributed by atoms with Crippen molar-refractivity contribution >= 4 is 33.7 Å². The maximum Gasteiger partial charge on any atom is 0.258 e. The van der Waals surface area contributed by atoms with Gasteiger partial charge in [-0.25, -0.2) is 9.67 Å². The molecule has 4 rings (SSSR count). The first-order valence-electron chi connectivity index (χ1n) is 9.00. The Kier molecular flexibility index (Phi) is 4.32. The molecule has 0 aliphatic rings. The van der Waals surface area contributed by atoms with Crippen LogP contribution in [0.1, 0.15) is 29.8 Å². The van der Waals surface area contributed by atoms with Crippen LogP contribution in [0.4, 0.5) is 5.82 Å². The molecule has 3 aromatic heterocycles. The standard InChI is InChI=1S/C21H21N5O/c1-13(2)12-26-20-17(10-16-9-14(3)6-7-18(16)23-20)19(25-26)24-21(27)15-5-4-8-22-11-15/h4-11,13H,12H2,1-3H3,(H,24,25,27). The number of rotatable bonds is 4. The van der Waals surface area contributed by atoms with E-state index in [1.807, 2.05) is 16.8 Å². The zero-order valence-electron chi connectivity index (χ0n) is 15.6. The number of carbonyl (C=O) groups is 1. The van der Waals surface area contributed by atoms with E-state index < -0.39 is 0 Å². The van der Waals surface area contributed by atoms with Crippen LogP contribution in [0.15, 0.2) is 48.8 Å². The van der Waals surface area contributed by atoms with Crippen LogP contribution in [-0.2, 0) is 6.54 Å². The SMILES string of the molecule is Cc1ccc2nc3c(cc2c1)c(NC(=O)c1cccnc1)nn3CC(C)C. The Balaban J connectivity index is 1.84. The molecule has 1 aromatic carbocycles. The Labute approximate surface area is 157 Å². The van der Waals surface area contributed by atoms with E-state index in [1.165, 1.54) is 5.56 Å². The van der Waals surface area contributed by atoms with Gasteiger partial charge in [0.1, 0.15) is 0 Å². The predicted molar refractivity (Wildman–Crippen MR) is 107 cm³/mol. The Bertz CT molecular complexity index is 1130. The van der Waals surface area contributed by atoms with Crippen LogP contribution in [0.2, 0.25) is 0 Å². The summed E-state index contributed by atoms with van der Waals surface area (Å²) in [4.78, 5) is 21.4. The van der Waals surface area contributed by atoms with E-state index in [9.17, 15) is 4.79 Å². The first-order chi connectivity index (χ1) is 13.0. The topological polar surface area (TPSA) is 72.7 Å². The van der Waals surface area contributed by atoms with Crippen LogP contribution < -0.4 is 5.32 Å². The Hall–Kier alpha value is -3.28. The van der Waals surface area contributed by atoms with E-state index >= 15 is 0 Å². The molecule has 136 valence electrons. The molecule has 1 amide bonds. The fourth-order valence-electron chi connectivity index (χ4n) is 3.12. The van der Waals surface area contributed by atoms with Gasteiger partial charge in [-0.2, -0.15) is 5.10 Å². The molecule has 0 aliphatic heterocycles. The van der Waals surface area contributed by atoms with E-state index in [1.54, 1.807) is 24.5 Å². The second-order valence-electron chi connectivity index (χ2n) is 7.18. The second-order valence-corrected chi connectivity index (χ2v) is 7.18. The minimum Gasteiger partial charge on any atom is -0.304 e. The van der Waals surface area contributed by atoms with Gasteiger partial charge >= 0.3 is 0 Å². The zero-order valence-corrected chi connectivity index (χ0v) is 15.6. The third kappa shape index (κ3) is 3.38. The van der Waals surface area contributed by atoms with Gasteiger partial charge in [-0.05, 0) is 43.2 Å². The summed E-state index contributed by atoms with van der Waals surface area (Å²) in [6.07, 6.45) is 3.18. The molecule has 0 saturated heterocycles. The summed E-state index contributed by atoms with van der Waals surface area (Å²) in [5, 5.41) is 9.44. The molecule has 0 aliphatic carbocycles. The van der Waals surface area contributed by atoms with Crippen molar-refractivity contribution < 1.29 is 4.79 Å². The van der Waals surface area contributed by atoms with Gasteiger partial charge in [0, 0.05) is 24.3 Å². The summed E-state index contributed by atoms with van der Waals surface area (Å²) in [7, 11) is 0. The van der Waals surface area contributed by atoms with E-state index in [0.29, 0.717) is 17.3 Å². The van der Waals surface area contributed by atoms with Crippen molar-refractivity contribution in [2.75, 3.05) is 5.32 Å². The highest BCUT2D eigenvalue weighted by molar-refractivity contribution is 6.08. The van der Waals surface area contributed by atoms with Crippen LogP contribution in [0.3, 0.4) is 0 Å². The molecule has 0 fully saturated rings. The van der Waals surface area contributed by atoms with Crippen molar-refractivity contribution in [2.24, 2.45) is 5.92 Å². The van der Waals surface area contributed by atoms with Crippen molar-refractivity contribution in [3.63, 3.8) is 0 Å². The summed E-state index contributed by atoms with van der Waals surface area (Å²) in [5.74, 6) is 0.699. The average Bonchev–Trinajstić information content (AvgIpc) is 2.96. The maximum absolute atomic E-state index is 12.6. The average molecular weight is 359 g/mol. The highest BCUT2D eigenvalue weighted by Crippen LogP contribution is 2.27. The highest BCUT2D eigenvalue weighted by Gasteiger charge is 2.17. The van der Waals surface area contributed by atoms with Gasteiger partial charge in [0.15, 0.2) is 11.5 Å². The lowest BCUT2D eigenvalue weighted by Crippen LogP contribution is -2.13. The predicted octanol–water partition coefficient (Wildman–Crippen LogP) is 4.20. The van der Waals surface area contributed by atoms with Gasteiger partial charge in [-0.3, -0.25) is 9.78 Å². The number of fused-ring (bicyclic) bond motifs is 2. The molecule has 4 aromatic rings. The van der Waals surface area contributed by atoms with Crippen molar-refractivity contribution in [1.82, 2.24) is 19.7 Å². The summed E-state index contributed by atoms with van der Waals surface area (Å²) in [6, 6.07) is 11.7. The summed E-state index contributed by atoms with van der Waals surface area (Å²) < 4.78 is 1.87. The maximum atomic E-state index is 12.6. The van der Waals surface area contributed by atoms with Gasteiger partial charge in [-0.15, -0.1) is 0 Å². The number of amides is 1.